The third-order valence-corrected chi connectivity index (χ3v) is 5.19. The third-order valence-electron chi connectivity index (χ3n) is 4.20. The average molecular weight is 419 g/mol. The molecular formula is C21H23ClN2O3S. The highest BCUT2D eigenvalue weighted by Crippen LogP contribution is 2.15. The van der Waals surface area contributed by atoms with Crippen LogP contribution in [-0.4, -0.2) is 54.0 Å². The molecule has 0 spiro atoms. The summed E-state index contributed by atoms with van der Waals surface area (Å²) in [6.07, 6.45) is 3.96. The smallest absolute Gasteiger partial charge is 0.223 e. The van der Waals surface area contributed by atoms with E-state index < -0.39 is 0 Å². The maximum absolute atomic E-state index is 12.5. The summed E-state index contributed by atoms with van der Waals surface area (Å²) in [5.74, 6) is 1.41. The van der Waals surface area contributed by atoms with E-state index in [2.05, 4.69) is 23.2 Å². The summed E-state index contributed by atoms with van der Waals surface area (Å²) in [5, 5.41) is 2.60. The fourth-order valence-corrected chi connectivity index (χ4v) is 3.53. The highest BCUT2D eigenvalue weighted by molar-refractivity contribution is 8.02. The summed E-state index contributed by atoms with van der Waals surface area (Å²) in [7, 11) is 0. The van der Waals surface area contributed by atoms with Crippen LogP contribution in [-0.2, 0) is 9.53 Å². The number of carbonyl (C=O) groups is 1. The maximum atomic E-state index is 12.5. The van der Waals surface area contributed by atoms with Gasteiger partial charge in [-0.2, -0.15) is 0 Å². The van der Waals surface area contributed by atoms with E-state index in [1.54, 1.807) is 30.1 Å². The molecule has 1 aromatic carbocycles. The number of pyridine rings is 1. The Hall–Kier alpha value is -2.02. The average Bonchev–Trinajstić information content (AvgIpc) is 2.74. The van der Waals surface area contributed by atoms with Gasteiger partial charge in [0, 0.05) is 31.0 Å². The fraction of sp³-hybridized carbons (Fsp3) is 0.333. The SMILES string of the molecule is O=C(CCS/C=C\c1ccccc1)N1CCOC(COc2ccc(Cl)cn2)C1. The molecule has 0 saturated carbocycles. The summed E-state index contributed by atoms with van der Waals surface area (Å²) in [6.45, 7) is 2.04. The van der Waals surface area contributed by atoms with E-state index in [0.717, 1.165) is 11.3 Å². The number of aromatic nitrogens is 1. The van der Waals surface area contributed by atoms with Crippen LogP contribution in [0.5, 0.6) is 5.88 Å². The molecule has 0 N–H and O–H groups in total. The molecular weight excluding hydrogens is 396 g/mol. The Morgan fingerprint density at radius 2 is 2.18 bits per heavy atom. The van der Waals surface area contributed by atoms with Gasteiger partial charge in [-0.1, -0.05) is 41.9 Å². The second-order valence-corrected chi connectivity index (χ2v) is 7.74. The van der Waals surface area contributed by atoms with Gasteiger partial charge in [0.1, 0.15) is 12.7 Å². The number of ether oxygens (including phenoxy) is 2. The Morgan fingerprint density at radius 3 is 2.96 bits per heavy atom. The van der Waals surface area contributed by atoms with Gasteiger partial charge in [-0.25, -0.2) is 4.98 Å². The molecule has 2 aromatic rings. The number of rotatable bonds is 8. The van der Waals surface area contributed by atoms with Crippen LogP contribution in [0.4, 0.5) is 0 Å². The standard InChI is InChI=1S/C21H23ClN2O3S/c22-18-6-7-20(23-14-18)27-16-19-15-24(10-11-26-19)21(25)9-13-28-12-8-17-4-2-1-3-5-17/h1-8,12,14,19H,9-11,13,15-16H2/b12-8-. The van der Waals surface area contributed by atoms with Crippen molar-refractivity contribution in [2.75, 3.05) is 32.1 Å². The Balaban J connectivity index is 1.36. The maximum Gasteiger partial charge on any atom is 0.223 e. The Bertz CT molecular complexity index is 771. The minimum atomic E-state index is -0.152. The number of hydrogen-bond acceptors (Lipinski definition) is 5. The Kier molecular flexibility index (Phi) is 8.21. The van der Waals surface area contributed by atoms with E-state index in [0.29, 0.717) is 43.6 Å². The van der Waals surface area contributed by atoms with Crippen molar-refractivity contribution in [3.05, 3.63) is 64.7 Å². The first-order valence-electron chi connectivity index (χ1n) is 9.17. The van der Waals surface area contributed by atoms with Crippen LogP contribution >= 0.6 is 23.4 Å². The third kappa shape index (κ3) is 6.86. The number of benzene rings is 1. The van der Waals surface area contributed by atoms with E-state index in [9.17, 15) is 4.79 Å². The molecule has 7 heteroatoms. The second kappa shape index (κ2) is 11.1. The van der Waals surface area contributed by atoms with Crippen molar-refractivity contribution in [1.29, 1.82) is 0 Å². The summed E-state index contributed by atoms with van der Waals surface area (Å²) < 4.78 is 11.3. The van der Waals surface area contributed by atoms with Gasteiger partial charge in [0.2, 0.25) is 11.8 Å². The first kappa shape index (κ1) is 20.7. The molecule has 3 rings (SSSR count). The molecule has 0 radical (unpaired) electrons. The van der Waals surface area contributed by atoms with E-state index in [-0.39, 0.29) is 12.0 Å². The zero-order valence-electron chi connectivity index (χ0n) is 15.5. The molecule has 28 heavy (non-hydrogen) atoms. The zero-order valence-corrected chi connectivity index (χ0v) is 17.1. The molecule has 1 saturated heterocycles. The molecule has 1 aromatic heterocycles. The van der Waals surface area contributed by atoms with Crippen molar-refractivity contribution >= 4 is 35.3 Å². The van der Waals surface area contributed by atoms with Gasteiger partial charge in [0.25, 0.3) is 0 Å². The quantitative estimate of drug-likeness (QED) is 0.603. The van der Waals surface area contributed by atoms with E-state index >= 15 is 0 Å². The minimum absolute atomic E-state index is 0.151. The Labute approximate surface area is 174 Å². The lowest BCUT2D eigenvalue weighted by atomic mass is 10.2. The van der Waals surface area contributed by atoms with Crippen molar-refractivity contribution in [3.63, 3.8) is 0 Å². The number of nitrogens with zero attached hydrogens (tertiary/aromatic N) is 2. The molecule has 1 amide bonds. The highest BCUT2D eigenvalue weighted by Gasteiger charge is 2.24. The number of carbonyl (C=O) groups excluding carboxylic acids is 1. The predicted molar refractivity (Wildman–Crippen MR) is 114 cm³/mol. The molecule has 5 nitrogen and oxygen atoms in total. The molecule has 2 heterocycles. The van der Waals surface area contributed by atoms with Crippen molar-refractivity contribution in [3.8, 4) is 5.88 Å². The largest absolute Gasteiger partial charge is 0.475 e. The lowest BCUT2D eigenvalue weighted by Crippen LogP contribution is -2.47. The molecule has 148 valence electrons. The van der Waals surface area contributed by atoms with Gasteiger partial charge in [-0.15, -0.1) is 11.8 Å². The van der Waals surface area contributed by atoms with Gasteiger partial charge in [0.15, 0.2) is 0 Å². The van der Waals surface area contributed by atoms with Crippen LogP contribution in [0.1, 0.15) is 12.0 Å². The summed E-state index contributed by atoms with van der Waals surface area (Å²) >= 11 is 7.46. The normalized spacial score (nSPS) is 17.0. The first-order valence-corrected chi connectivity index (χ1v) is 10.6. The topological polar surface area (TPSA) is 51.7 Å². The van der Waals surface area contributed by atoms with Crippen molar-refractivity contribution in [2.24, 2.45) is 0 Å². The van der Waals surface area contributed by atoms with Crippen LogP contribution in [0.15, 0.2) is 54.1 Å². The zero-order chi connectivity index (χ0) is 19.6. The number of amides is 1. The van der Waals surface area contributed by atoms with Crippen LogP contribution in [0.2, 0.25) is 5.02 Å². The number of morpholine rings is 1. The van der Waals surface area contributed by atoms with Crippen LogP contribution < -0.4 is 4.74 Å². The van der Waals surface area contributed by atoms with Crippen LogP contribution in [0.3, 0.4) is 0 Å². The minimum Gasteiger partial charge on any atom is -0.475 e. The molecule has 1 unspecified atom stereocenters. The van der Waals surface area contributed by atoms with E-state index in [4.69, 9.17) is 21.1 Å². The van der Waals surface area contributed by atoms with Gasteiger partial charge in [-0.05, 0) is 23.1 Å². The van der Waals surface area contributed by atoms with Crippen LogP contribution in [0.25, 0.3) is 6.08 Å². The van der Waals surface area contributed by atoms with Gasteiger partial charge in [0.05, 0.1) is 18.2 Å². The van der Waals surface area contributed by atoms with Gasteiger partial charge >= 0.3 is 0 Å². The lowest BCUT2D eigenvalue weighted by molar-refractivity contribution is -0.139. The molecule has 1 aliphatic heterocycles. The van der Waals surface area contributed by atoms with E-state index in [1.165, 1.54) is 0 Å². The highest BCUT2D eigenvalue weighted by atomic mass is 35.5. The molecule has 1 fully saturated rings. The molecule has 1 atom stereocenters. The number of hydrogen-bond donors (Lipinski definition) is 0. The monoisotopic (exact) mass is 418 g/mol. The number of thioether (sulfide) groups is 1. The molecule has 1 aliphatic rings. The first-order chi connectivity index (χ1) is 13.7. The van der Waals surface area contributed by atoms with E-state index in [1.807, 2.05) is 28.5 Å². The fourth-order valence-electron chi connectivity index (χ4n) is 2.74. The summed E-state index contributed by atoms with van der Waals surface area (Å²) in [6, 6.07) is 13.6. The molecule has 0 aliphatic carbocycles. The van der Waals surface area contributed by atoms with Crippen molar-refractivity contribution < 1.29 is 14.3 Å². The predicted octanol–water partition coefficient (Wildman–Crippen LogP) is 4.14. The molecule has 0 bridgehead atoms. The second-order valence-electron chi connectivity index (χ2n) is 6.29. The van der Waals surface area contributed by atoms with Gasteiger partial charge in [-0.3, -0.25) is 4.79 Å². The van der Waals surface area contributed by atoms with Gasteiger partial charge < -0.3 is 14.4 Å². The summed E-state index contributed by atoms with van der Waals surface area (Å²) in [4.78, 5) is 18.4. The Morgan fingerprint density at radius 1 is 1.32 bits per heavy atom. The van der Waals surface area contributed by atoms with Crippen LogP contribution in [0, 0.1) is 0 Å². The summed E-state index contributed by atoms with van der Waals surface area (Å²) in [5.41, 5.74) is 1.16. The number of halogens is 1. The van der Waals surface area contributed by atoms with Crippen molar-refractivity contribution in [1.82, 2.24) is 9.88 Å². The lowest BCUT2D eigenvalue weighted by Gasteiger charge is -2.32. The van der Waals surface area contributed by atoms with Crippen molar-refractivity contribution in [2.45, 2.75) is 12.5 Å².